The first-order chi connectivity index (χ1) is 16.6. The lowest BCUT2D eigenvalue weighted by Gasteiger charge is -2.41. The average molecular weight is 460 g/mol. The Bertz CT molecular complexity index is 1140. The topological polar surface area (TPSA) is 61.4 Å². The van der Waals surface area contributed by atoms with Gasteiger partial charge in [0, 0.05) is 18.9 Å². The number of imidazole rings is 1. The lowest BCUT2D eigenvalue weighted by atomic mass is 9.70. The molecule has 0 aliphatic heterocycles. The molecule has 3 atom stereocenters. The number of aromatic nitrogens is 2. The molecule has 2 bridgehead atoms. The largest absolute Gasteiger partial charge is 0.494 e. The molecule has 5 heteroatoms. The average Bonchev–Trinajstić information content (AvgIpc) is 3.06. The smallest absolute Gasteiger partial charge is 0.146 e. The highest BCUT2D eigenvalue weighted by Gasteiger charge is 2.44. The second-order valence-electron chi connectivity index (χ2n) is 10.2. The van der Waals surface area contributed by atoms with Crippen LogP contribution in [0.4, 0.5) is 0 Å². The highest BCUT2D eigenvalue weighted by Crippen LogP contribution is 2.49. The van der Waals surface area contributed by atoms with E-state index in [1.54, 1.807) is 7.11 Å². The number of hydrogen-bond donors (Lipinski definition) is 2. The summed E-state index contributed by atoms with van der Waals surface area (Å²) in [5, 5.41) is 11.7. The first-order valence-corrected chi connectivity index (χ1v) is 12.8. The summed E-state index contributed by atoms with van der Waals surface area (Å²) >= 11 is 0. The number of benzene rings is 2. The van der Waals surface area contributed by atoms with Crippen molar-refractivity contribution < 1.29 is 9.84 Å². The number of nitrogens with zero attached hydrogens (tertiary/aromatic N) is 2. The summed E-state index contributed by atoms with van der Waals surface area (Å²) < 4.78 is 5.43. The number of fused-ring (bicyclic) bond motifs is 4. The molecule has 180 valence electrons. The van der Waals surface area contributed by atoms with E-state index in [-0.39, 0.29) is 5.92 Å². The fourth-order valence-corrected chi connectivity index (χ4v) is 5.99. The van der Waals surface area contributed by atoms with E-state index < -0.39 is 5.60 Å². The van der Waals surface area contributed by atoms with Crippen LogP contribution in [0.2, 0.25) is 0 Å². The third kappa shape index (κ3) is 4.77. The van der Waals surface area contributed by atoms with E-state index in [2.05, 4.69) is 53.3 Å². The molecule has 1 fully saturated rings. The SMILES string of the molecule is COc1cccc2[nH]c(CCCN(C)CC[C@]3(O)C[C@H]4CCC[C@H]3C=C4c3ccccc3)nc12. The van der Waals surface area contributed by atoms with Crippen molar-refractivity contribution >= 4 is 16.6 Å². The molecule has 6 rings (SSSR count). The Morgan fingerprint density at radius 1 is 1.12 bits per heavy atom. The molecule has 0 radical (unpaired) electrons. The van der Waals surface area contributed by atoms with Gasteiger partial charge in [-0.05, 0) is 74.9 Å². The predicted octanol–water partition coefficient (Wildman–Crippen LogP) is 5.46. The third-order valence-corrected chi connectivity index (χ3v) is 7.91. The zero-order chi connectivity index (χ0) is 23.5. The molecule has 0 amide bonds. The normalized spacial score (nSPS) is 24.4. The zero-order valence-corrected chi connectivity index (χ0v) is 20.5. The Hall–Kier alpha value is -2.63. The summed E-state index contributed by atoms with van der Waals surface area (Å²) in [5.41, 5.74) is 4.15. The number of para-hydroxylation sites is 1. The number of aromatic amines is 1. The van der Waals surface area contributed by atoms with Crippen molar-refractivity contribution in [1.82, 2.24) is 14.9 Å². The minimum atomic E-state index is -0.580. The van der Waals surface area contributed by atoms with Crippen molar-refractivity contribution in [3.63, 3.8) is 0 Å². The summed E-state index contributed by atoms with van der Waals surface area (Å²) in [7, 11) is 3.86. The standard InChI is InChI=1S/C29H37N3O2/c1-32(17-8-15-27-30-25-13-7-14-26(34-2)28(25)31-27)18-16-29(33)20-22-11-6-12-23(29)19-24(22)21-9-4-3-5-10-21/h3-5,7,9-10,13-14,19,22-23,33H,6,8,11-12,15-18,20H2,1-2H3,(H,30,31)/t22-,23+,29+/m1/s1. The van der Waals surface area contributed by atoms with E-state index in [4.69, 9.17) is 9.72 Å². The van der Waals surface area contributed by atoms with Gasteiger partial charge in [-0.1, -0.05) is 48.9 Å². The lowest BCUT2D eigenvalue weighted by Crippen LogP contribution is -2.43. The molecular weight excluding hydrogens is 422 g/mol. The first-order valence-electron chi connectivity index (χ1n) is 12.8. The molecule has 0 unspecified atom stereocenters. The van der Waals surface area contributed by atoms with Crippen molar-refractivity contribution in [2.45, 2.75) is 50.5 Å². The quantitative estimate of drug-likeness (QED) is 0.446. The van der Waals surface area contributed by atoms with E-state index in [0.29, 0.717) is 5.92 Å². The molecule has 5 nitrogen and oxygen atoms in total. The highest BCUT2D eigenvalue weighted by atomic mass is 16.5. The number of methoxy groups -OCH3 is 1. The van der Waals surface area contributed by atoms with Gasteiger partial charge in [0.25, 0.3) is 0 Å². The van der Waals surface area contributed by atoms with Gasteiger partial charge >= 0.3 is 0 Å². The van der Waals surface area contributed by atoms with Gasteiger partial charge in [0.2, 0.25) is 0 Å². The van der Waals surface area contributed by atoms with Gasteiger partial charge in [-0.3, -0.25) is 0 Å². The number of aryl methyl sites for hydroxylation is 1. The zero-order valence-electron chi connectivity index (χ0n) is 20.5. The molecule has 1 aromatic heterocycles. The van der Waals surface area contributed by atoms with Crippen LogP contribution in [0.3, 0.4) is 0 Å². The number of H-pyrrole nitrogens is 1. The van der Waals surface area contributed by atoms with Gasteiger partial charge < -0.3 is 19.7 Å². The summed E-state index contributed by atoms with van der Waals surface area (Å²) in [6.45, 7) is 1.91. The molecule has 2 N–H and O–H groups in total. The molecule has 0 saturated heterocycles. The van der Waals surface area contributed by atoms with E-state index in [0.717, 1.165) is 67.8 Å². The fraction of sp³-hybridized carbons (Fsp3) is 0.483. The van der Waals surface area contributed by atoms with Gasteiger partial charge in [-0.25, -0.2) is 4.98 Å². The summed E-state index contributed by atoms with van der Waals surface area (Å²) in [6.07, 6.45) is 9.58. The number of ether oxygens (including phenoxy) is 1. The second-order valence-corrected chi connectivity index (χ2v) is 10.2. The highest BCUT2D eigenvalue weighted by molar-refractivity contribution is 5.81. The minimum Gasteiger partial charge on any atom is -0.494 e. The maximum atomic E-state index is 11.7. The minimum absolute atomic E-state index is 0.264. The molecule has 1 saturated carbocycles. The Morgan fingerprint density at radius 2 is 1.97 bits per heavy atom. The summed E-state index contributed by atoms with van der Waals surface area (Å²) in [6, 6.07) is 16.7. The van der Waals surface area contributed by atoms with Gasteiger partial charge in [0.15, 0.2) is 0 Å². The van der Waals surface area contributed by atoms with E-state index >= 15 is 0 Å². The fourth-order valence-electron chi connectivity index (χ4n) is 5.99. The van der Waals surface area contributed by atoms with Crippen molar-refractivity contribution in [3.8, 4) is 5.75 Å². The molecule has 2 aromatic carbocycles. The first kappa shape index (κ1) is 23.1. The van der Waals surface area contributed by atoms with E-state index in [1.807, 2.05) is 18.2 Å². The molecular formula is C29H37N3O2. The number of rotatable bonds is 9. The van der Waals surface area contributed by atoms with Crippen LogP contribution in [0, 0.1) is 11.8 Å². The van der Waals surface area contributed by atoms with Crippen LogP contribution in [0.5, 0.6) is 5.75 Å². The maximum Gasteiger partial charge on any atom is 0.146 e. The summed E-state index contributed by atoms with van der Waals surface area (Å²) in [4.78, 5) is 10.5. The predicted molar refractivity (Wildman–Crippen MR) is 138 cm³/mol. The van der Waals surface area contributed by atoms with Gasteiger partial charge in [0.1, 0.15) is 17.1 Å². The van der Waals surface area contributed by atoms with Crippen LogP contribution < -0.4 is 4.74 Å². The van der Waals surface area contributed by atoms with Crippen LogP contribution in [0.25, 0.3) is 16.6 Å². The Balaban J connectivity index is 1.16. The van der Waals surface area contributed by atoms with Crippen molar-refractivity contribution in [1.29, 1.82) is 0 Å². The van der Waals surface area contributed by atoms with Crippen LogP contribution in [0.1, 0.15) is 49.9 Å². The van der Waals surface area contributed by atoms with Crippen LogP contribution >= 0.6 is 0 Å². The summed E-state index contributed by atoms with van der Waals surface area (Å²) in [5.74, 6) is 2.56. The number of aliphatic hydroxyl groups is 1. The number of nitrogens with one attached hydrogen (secondary N) is 1. The number of hydrogen-bond acceptors (Lipinski definition) is 4. The van der Waals surface area contributed by atoms with Crippen molar-refractivity contribution in [2.24, 2.45) is 11.8 Å². The van der Waals surface area contributed by atoms with Crippen molar-refractivity contribution in [2.75, 3.05) is 27.2 Å². The molecule has 3 aliphatic rings. The Labute approximate surface area is 202 Å². The molecule has 3 aliphatic carbocycles. The molecule has 0 spiro atoms. The second kappa shape index (κ2) is 9.93. The van der Waals surface area contributed by atoms with Gasteiger partial charge in [0.05, 0.1) is 18.2 Å². The lowest BCUT2D eigenvalue weighted by molar-refractivity contribution is -0.0299. The van der Waals surface area contributed by atoms with E-state index in [9.17, 15) is 5.11 Å². The molecule has 34 heavy (non-hydrogen) atoms. The maximum absolute atomic E-state index is 11.7. The van der Waals surface area contributed by atoms with Gasteiger partial charge in [-0.15, -0.1) is 0 Å². The monoisotopic (exact) mass is 459 g/mol. The van der Waals surface area contributed by atoms with Gasteiger partial charge in [-0.2, -0.15) is 0 Å². The Morgan fingerprint density at radius 3 is 2.79 bits per heavy atom. The van der Waals surface area contributed by atoms with E-state index in [1.165, 1.54) is 24.0 Å². The number of allylic oxidation sites excluding steroid dienone is 1. The Kier molecular flexibility index (Phi) is 6.75. The van der Waals surface area contributed by atoms with Crippen LogP contribution in [-0.2, 0) is 6.42 Å². The van der Waals surface area contributed by atoms with Crippen LogP contribution in [-0.4, -0.2) is 52.8 Å². The molecule has 3 aromatic rings. The molecule has 1 heterocycles. The van der Waals surface area contributed by atoms with Crippen LogP contribution in [0.15, 0.2) is 54.6 Å². The third-order valence-electron chi connectivity index (χ3n) is 7.91. The van der Waals surface area contributed by atoms with Crippen molar-refractivity contribution in [3.05, 3.63) is 66.0 Å².